The molecule has 120 valence electrons. The van der Waals surface area contributed by atoms with Gasteiger partial charge in [-0.2, -0.15) is 5.26 Å². The third-order valence-corrected chi connectivity index (χ3v) is 4.88. The lowest BCUT2D eigenvalue weighted by Crippen LogP contribution is -2.05. The first-order chi connectivity index (χ1) is 12.1. The van der Waals surface area contributed by atoms with Crippen LogP contribution < -0.4 is 5.32 Å². The van der Waals surface area contributed by atoms with Gasteiger partial charge in [-0.3, -0.25) is 14.9 Å². The van der Waals surface area contributed by atoms with Gasteiger partial charge in [0.25, 0.3) is 11.6 Å². The van der Waals surface area contributed by atoms with Crippen LogP contribution in [-0.4, -0.2) is 15.8 Å². The van der Waals surface area contributed by atoms with E-state index >= 15 is 0 Å². The molecule has 0 aliphatic carbocycles. The molecule has 0 radical (unpaired) electrons. The lowest BCUT2D eigenvalue weighted by molar-refractivity contribution is -0.384. The number of nitro groups is 1. The van der Waals surface area contributed by atoms with Crippen LogP contribution in [0.15, 0.2) is 42.5 Å². The Balaban J connectivity index is 1.97. The predicted octanol–water partition coefficient (Wildman–Crippen LogP) is 3.59. The number of hydrogen-bond donors (Lipinski definition) is 1. The van der Waals surface area contributed by atoms with Crippen molar-refractivity contribution in [3.05, 3.63) is 63.1 Å². The molecule has 1 aliphatic heterocycles. The molecule has 1 aromatic heterocycles. The highest BCUT2D eigenvalue weighted by Gasteiger charge is 2.31. The molecular weight excluding hydrogens is 340 g/mol. The quantitative estimate of drug-likeness (QED) is 0.329. The molecule has 0 saturated carbocycles. The number of aromatic nitrogens is 1. The van der Waals surface area contributed by atoms with Crippen molar-refractivity contribution in [2.75, 3.05) is 5.32 Å². The van der Waals surface area contributed by atoms with E-state index in [0.717, 1.165) is 10.2 Å². The SMILES string of the molecule is N#CC(=C1C(=O)Nc2ccc([N+](=O)[O-])cc21)c1nc2ccccc2s1. The molecular formula is C17H8N4O3S. The van der Waals surface area contributed by atoms with E-state index in [1.165, 1.54) is 29.5 Å². The Bertz CT molecular complexity index is 1110. The topological polar surface area (TPSA) is 109 Å². The molecule has 0 unspecified atom stereocenters. The van der Waals surface area contributed by atoms with Gasteiger partial charge in [0.05, 0.1) is 20.7 Å². The number of thiazole rings is 1. The first-order valence-corrected chi connectivity index (χ1v) is 8.00. The Hall–Kier alpha value is -3.57. The summed E-state index contributed by atoms with van der Waals surface area (Å²) in [6.07, 6.45) is 0. The van der Waals surface area contributed by atoms with Crippen molar-refractivity contribution in [2.24, 2.45) is 0 Å². The normalized spacial score (nSPS) is 14.8. The van der Waals surface area contributed by atoms with Gasteiger partial charge in [0, 0.05) is 23.4 Å². The highest BCUT2D eigenvalue weighted by molar-refractivity contribution is 7.19. The molecule has 0 spiro atoms. The number of carbonyl (C=O) groups excluding carboxylic acids is 1. The highest BCUT2D eigenvalue weighted by atomic mass is 32.1. The van der Waals surface area contributed by atoms with E-state index < -0.39 is 10.8 Å². The smallest absolute Gasteiger partial charge is 0.270 e. The predicted molar refractivity (Wildman–Crippen MR) is 93.8 cm³/mol. The summed E-state index contributed by atoms with van der Waals surface area (Å²) in [5.41, 5.74) is 1.59. The average Bonchev–Trinajstić information content (AvgIpc) is 3.16. The van der Waals surface area contributed by atoms with E-state index in [-0.39, 0.29) is 16.8 Å². The van der Waals surface area contributed by atoms with Gasteiger partial charge in [-0.25, -0.2) is 4.98 Å². The van der Waals surface area contributed by atoms with Crippen molar-refractivity contribution in [1.82, 2.24) is 4.98 Å². The molecule has 3 aromatic rings. The number of benzene rings is 2. The largest absolute Gasteiger partial charge is 0.321 e. The van der Waals surface area contributed by atoms with Crippen molar-refractivity contribution in [1.29, 1.82) is 5.26 Å². The Morgan fingerprint density at radius 1 is 1.28 bits per heavy atom. The van der Waals surface area contributed by atoms with Gasteiger partial charge < -0.3 is 5.32 Å². The fourth-order valence-corrected chi connectivity index (χ4v) is 3.67. The maximum atomic E-state index is 12.4. The summed E-state index contributed by atoms with van der Waals surface area (Å²) in [4.78, 5) is 27.3. The first-order valence-electron chi connectivity index (χ1n) is 7.19. The van der Waals surface area contributed by atoms with Crippen LogP contribution in [0.4, 0.5) is 11.4 Å². The molecule has 0 bridgehead atoms. The minimum absolute atomic E-state index is 0.109. The summed E-state index contributed by atoms with van der Waals surface area (Å²) in [6.45, 7) is 0. The molecule has 25 heavy (non-hydrogen) atoms. The van der Waals surface area contributed by atoms with Crippen LogP contribution in [0.1, 0.15) is 10.6 Å². The Kier molecular flexibility index (Phi) is 3.30. The van der Waals surface area contributed by atoms with Gasteiger partial charge in [-0.15, -0.1) is 11.3 Å². The zero-order chi connectivity index (χ0) is 17.6. The molecule has 8 heteroatoms. The van der Waals surface area contributed by atoms with Gasteiger partial charge in [0.15, 0.2) is 0 Å². The number of nitrogens with one attached hydrogen (secondary N) is 1. The Morgan fingerprint density at radius 2 is 2.08 bits per heavy atom. The molecule has 4 rings (SSSR count). The molecule has 1 aliphatic rings. The second-order valence-electron chi connectivity index (χ2n) is 5.29. The fourth-order valence-electron chi connectivity index (χ4n) is 2.71. The Labute approximate surface area is 145 Å². The summed E-state index contributed by atoms with van der Waals surface area (Å²) in [5.74, 6) is -0.466. The van der Waals surface area contributed by atoms with E-state index in [1.54, 1.807) is 0 Å². The number of amides is 1. The number of anilines is 1. The van der Waals surface area contributed by atoms with Crippen LogP contribution in [-0.2, 0) is 4.79 Å². The number of non-ortho nitro benzene ring substituents is 1. The number of para-hydroxylation sites is 1. The lowest BCUT2D eigenvalue weighted by Gasteiger charge is -2.00. The zero-order valence-corrected chi connectivity index (χ0v) is 13.3. The molecule has 7 nitrogen and oxygen atoms in total. The summed E-state index contributed by atoms with van der Waals surface area (Å²) in [6, 6.07) is 13.5. The third kappa shape index (κ3) is 2.34. The van der Waals surface area contributed by atoms with E-state index in [2.05, 4.69) is 10.3 Å². The van der Waals surface area contributed by atoms with Crippen molar-refractivity contribution >= 4 is 50.0 Å². The number of fused-ring (bicyclic) bond motifs is 2. The number of hydrogen-bond acceptors (Lipinski definition) is 6. The van der Waals surface area contributed by atoms with Gasteiger partial charge in [0.1, 0.15) is 16.6 Å². The van der Waals surface area contributed by atoms with E-state index in [9.17, 15) is 20.2 Å². The van der Waals surface area contributed by atoms with Crippen LogP contribution in [0, 0.1) is 21.4 Å². The molecule has 1 amide bonds. The zero-order valence-electron chi connectivity index (χ0n) is 12.5. The summed E-state index contributed by atoms with van der Waals surface area (Å²) >= 11 is 1.30. The number of nitro benzene ring substituents is 1. The maximum Gasteiger partial charge on any atom is 0.270 e. The minimum Gasteiger partial charge on any atom is -0.321 e. The molecule has 2 aromatic carbocycles. The van der Waals surface area contributed by atoms with Gasteiger partial charge >= 0.3 is 0 Å². The molecule has 2 heterocycles. The molecule has 0 fully saturated rings. The first kappa shape index (κ1) is 15.0. The van der Waals surface area contributed by atoms with Crippen LogP contribution in [0.25, 0.3) is 21.4 Å². The minimum atomic E-state index is -0.537. The average molecular weight is 348 g/mol. The van der Waals surface area contributed by atoms with E-state index in [0.29, 0.717) is 16.3 Å². The van der Waals surface area contributed by atoms with Gasteiger partial charge in [0.2, 0.25) is 0 Å². The van der Waals surface area contributed by atoms with E-state index in [4.69, 9.17) is 0 Å². The van der Waals surface area contributed by atoms with E-state index in [1.807, 2.05) is 30.3 Å². The Morgan fingerprint density at radius 3 is 2.80 bits per heavy atom. The standard InChI is InChI=1S/C17H8N4O3S/c18-8-11(17-20-13-3-1-2-4-14(13)25-17)15-10-7-9(21(23)24)5-6-12(10)19-16(15)22/h1-7H,(H,19,22). The summed E-state index contributed by atoms with van der Waals surface area (Å²) in [5, 5.41) is 23.7. The number of carbonyl (C=O) groups is 1. The van der Waals surface area contributed by atoms with Gasteiger partial charge in [-0.1, -0.05) is 12.1 Å². The maximum absolute atomic E-state index is 12.4. The second kappa shape index (κ2) is 5.51. The lowest BCUT2D eigenvalue weighted by atomic mass is 10.0. The fraction of sp³-hybridized carbons (Fsp3) is 0. The number of nitrogens with zero attached hydrogens (tertiary/aromatic N) is 3. The second-order valence-corrected chi connectivity index (χ2v) is 6.32. The molecule has 1 N–H and O–H groups in total. The van der Waals surface area contributed by atoms with Crippen LogP contribution in [0.5, 0.6) is 0 Å². The summed E-state index contributed by atoms with van der Waals surface area (Å²) in [7, 11) is 0. The molecule has 0 saturated heterocycles. The van der Waals surface area contributed by atoms with Crippen LogP contribution in [0.2, 0.25) is 0 Å². The third-order valence-electron chi connectivity index (χ3n) is 3.83. The number of allylic oxidation sites excluding steroid dienone is 1. The van der Waals surface area contributed by atoms with Crippen molar-refractivity contribution in [2.45, 2.75) is 0 Å². The van der Waals surface area contributed by atoms with Crippen molar-refractivity contribution in [3.8, 4) is 6.07 Å². The monoisotopic (exact) mass is 348 g/mol. The highest BCUT2D eigenvalue weighted by Crippen LogP contribution is 2.40. The molecule has 0 atom stereocenters. The van der Waals surface area contributed by atoms with Crippen LogP contribution in [0.3, 0.4) is 0 Å². The van der Waals surface area contributed by atoms with Crippen LogP contribution >= 0.6 is 11.3 Å². The van der Waals surface area contributed by atoms with Gasteiger partial charge in [-0.05, 0) is 18.2 Å². The van der Waals surface area contributed by atoms with Crippen molar-refractivity contribution < 1.29 is 9.72 Å². The summed E-state index contributed by atoms with van der Waals surface area (Å²) < 4.78 is 0.892. The number of rotatable bonds is 2. The van der Waals surface area contributed by atoms with Crippen molar-refractivity contribution in [3.63, 3.8) is 0 Å². The number of nitriles is 1.